The van der Waals surface area contributed by atoms with Crippen molar-refractivity contribution >= 4 is 63.6 Å². The van der Waals surface area contributed by atoms with E-state index in [1.165, 1.54) is 18.2 Å². The number of H-pyrrole nitrogens is 1. The van der Waals surface area contributed by atoms with Crippen LogP contribution in [0.2, 0.25) is 0 Å². The first-order chi connectivity index (χ1) is 16.1. The van der Waals surface area contributed by atoms with Crippen molar-refractivity contribution in [3.05, 3.63) is 76.8 Å². The summed E-state index contributed by atoms with van der Waals surface area (Å²) in [6.45, 7) is 0. The molecule has 0 saturated carbocycles. The highest BCUT2D eigenvalue weighted by Crippen LogP contribution is 2.33. The van der Waals surface area contributed by atoms with Crippen molar-refractivity contribution in [3.63, 3.8) is 0 Å². The van der Waals surface area contributed by atoms with E-state index in [9.17, 15) is 26.4 Å². The van der Waals surface area contributed by atoms with Crippen LogP contribution in [0.1, 0.15) is 10.4 Å². The molecule has 4 rings (SSSR count). The highest BCUT2D eigenvalue weighted by atomic mass is 79.9. The first-order valence-corrected chi connectivity index (χ1v) is 13.0. The summed E-state index contributed by atoms with van der Waals surface area (Å²) in [5, 5.41) is 0.877. The highest BCUT2D eigenvalue weighted by molar-refractivity contribution is 9.10. The SMILES string of the molecule is NC(=O)[c+]1c2ccccc2[nH]c2cccc(S(=O)(=O)c3ccc(Br)cc3)c21.O=S(=O)([O-])C(F)(F)F. The van der Waals surface area contributed by atoms with Crippen LogP contribution in [0.5, 0.6) is 0 Å². The molecule has 0 bridgehead atoms. The summed E-state index contributed by atoms with van der Waals surface area (Å²) in [5.41, 5.74) is 1.44. The number of fused-ring (bicyclic) bond motifs is 2. The van der Waals surface area contributed by atoms with Gasteiger partial charge in [0.1, 0.15) is 32.3 Å². The number of alkyl halides is 3. The summed E-state index contributed by atoms with van der Waals surface area (Å²) in [4.78, 5) is 15.7. The molecule has 0 spiro atoms. The number of halogens is 4. The molecule has 184 valence electrons. The number of rotatable bonds is 3. The monoisotopic (exact) mass is 590 g/mol. The fourth-order valence-corrected chi connectivity index (χ4v) is 4.95. The molecular formula is C21H14BrF3N2O6S2. The van der Waals surface area contributed by atoms with Gasteiger partial charge < -0.3 is 10.3 Å². The van der Waals surface area contributed by atoms with Crippen LogP contribution in [0.3, 0.4) is 0 Å². The van der Waals surface area contributed by atoms with Crippen molar-refractivity contribution < 1.29 is 39.4 Å². The van der Waals surface area contributed by atoms with Crippen molar-refractivity contribution in [1.82, 2.24) is 4.98 Å². The first-order valence-electron chi connectivity index (χ1n) is 9.34. The van der Waals surface area contributed by atoms with Crippen LogP contribution in [0, 0.1) is 0 Å². The van der Waals surface area contributed by atoms with Gasteiger partial charge >= 0.3 is 5.51 Å². The second-order valence-corrected chi connectivity index (χ2v) is 11.2. The van der Waals surface area contributed by atoms with Gasteiger partial charge in [0, 0.05) is 10.5 Å². The standard InChI is InChI=1S/C20H13BrN2O3S.CHF3O3S/c21-12-8-10-13(11-9-12)27(25,26)17-7-3-6-16-19(17)18(20(22)24)14-4-1-2-5-15(14)23-16;2-1(3,4)8(5,6)7/h1-11,23H,(H-,22,24);(H,5,6,7). The number of amides is 1. The van der Waals surface area contributed by atoms with E-state index in [1.807, 2.05) is 12.1 Å². The molecule has 0 aliphatic carbocycles. The third-order valence-corrected chi connectivity index (χ3v) is 7.59. The quantitative estimate of drug-likeness (QED) is 0.157. The first kappa shape index (κ1) is 26.5. The minimum absolute atomic E-state index is 0.0399. The van der Waals surface area contributed by atoms with Gasteiger partial charge in [0.15, 0.2) is 10.1 Å². The van der Waals surface area contributed by atoms with E-state index in [-0.39, 0.29) is 15.4 Å². The number of aromatic nitrogens is 1. The summed E-state index contributed by atoms with van der Waals surface area (Å²) in [5.74, 6) is -0.677. The van der Waals surface area contributed by atoms with Gasteiger partial charge in [0.2, 0.25) is 9.84 Å². The number of carbonyl (C=O) groups excluding carboxylic acids is 1. The lowest BCUT2D eigenvalue weighted by Gasteiger charge is -2.08. The van der Waals surface area contributed by atoms with E-state index >= 15 is 0 Å². The molecule has 35 heavy (non-hydrogen) atoms. The summed E-state index contributed by atoms with van der Waals surface area (Å²) in [7, 11) is -9.95. The molecule has 14 heteroatoms. The van der Waals surface area contributed by atoms with Gasteiger partial charge in [-0.3, -0.25) is 9.78 Å². The van der Waals surface area contributed by atoms with E-state index < -0.39 is 31.4 Å². The number of sulfone groups is 1. The van der Waals surface area contributed by atoms with Crippen molar-refractivity contribution in [3.8, 4) is 0 Å². The Bertz CT molecular complexity index is 1660. The van der Waals surface area contributed by atoms with Gasteiger partial charge in [-0.1, -0.05) is 15.9 Å². The summed E-state index contributed by atoms with van der Waals surface area (Å²) in [6, 6.07) is 18.4. The van der Waals surface area contributed by atoms with Gasteiger partial charge in [-0.15, -0.1) is 0 Å². The maximum absolute atomic E-state index is 13.3. The molecule has 1 heterocycles. The number of nitrogens with one attached hydrogen (secondary N) is 1. The summed E-state index contributed by atoms with van der Waals surface area (Å²) >= 11 is 3.31. The van der Waals surface area contributed by atoms with E-state index in [2.05, 4.69) is 20.9 Å². The predicted octanol–water partition coefficient (Wildman–Crippen LogP) is 4.35. The average molecular weight is 591 g/mol. The largest absolute Gasteiger partial charge is 0.741 e. The minimum Gasteiger partial charge on any atom is -0.741 e. The summed E-state index contributed by atoms with van der Waals surface area (Å²) in [6.07, 6.45) is 0. The molecule has 0 aliphatic rings. The highest BCUT2D eigenvalue weighted by Gasteiger charge is 2.37. The Morgan fingerprint density at radius 2 is 1.46 bits per heavy atom. The molecule has 4 aromatic rings. The van der Waals surface area contributed by atoms with Crippen molar-refractivity contribution in [2.75, 3.05) is 0 Å². The lowest BCUT2D eigenvalue weighted by molar-refractivity contribution is -0.0517. The zero-order valence-electron chi connectivity index (χ0n) is 17.2. The molecule has 1 amide bonds. The molecule has 0 fully saturated rings. The van der Waals surface area contributed by atoms with Crippen molar-refractivity contribution in [2.24, 2.45) is 5.73 Å². The lowest BCUT2D eigenvalue weighted by Crippen LogP contribution is -2.21. The number of carbonyl (C=O) groups is 1. The molecular weight excluding hydrogens is 577 g/mol. The Morgan fingerprint density at radius 3 is 2.00 bits per heavy atom. The lowest BCUT2D eigenvalue weighted by atomic mass is 10.0. The maximum Gasteiger partial charge on any atom is 0.485 e. The number of hydrogen-bond donors (Lipinski definition) is 2. The predicted molar refractivity (Wildman–Crippen MR) is 124 cm³/mol. The second-order valence-electron chi connectivity index (χ2n) is 6.95. The number of benzene rings is 3. The molecule has 1 aromatic heterocycles. The zero-order chi connectivity index (χ0) is 26.2. The van der Waals surface area contributed by atoms with Gasteiger partial charge in [0.05, 0.1) is 4.90 Å². The van der Waals surface area contributed by atoms with Crippen molar-refractivity contribution in [2.45, 2.75) is 15.3 Å². The Kier molecular flexibility index (Phi) is 7.22. The summed E-state index contributed by atoms with van der Waals surface area (Å²) < 4.78 is 86.3. The normalized spacial score (nSPS) is 12.3. The number of nitrogens with two attached hydrogens (primary N) is 1. The number of primary amides is 1. The number of pyridine rings is 1. The molecule has 0 radical (unpaired) electrons. The molecule has 3 aromatic carbocycles. The molecule has 3 N–H and O–H groups in total. The molecule has 0 saturated heterocycles. The average Bonchev–Trinajstić information content (AvgIpc) is 2.76. The number of hydrogen-bond acceptors (Lipinski definition) is 6. The third kappa shape index (κ3) is 5.45. The van der Waals surface area contributed by atoms with Crippen LogP contribution in [-0.4, -0.2) is 37.8 Å². The smallest absolute Gasteiger partial charge is 0.485 e. The maximum atomic E-state index is 13.3. The molecule has 0 unspecified atom stereocenters. The van der Waals surface area contributed by atoms with E-state index in [0.29, 0.717) is 21.8 Å². The van der Waals surface area contributed by atoms with Crippen LogP contribution in [0.15, 0.2) is 81.0 Å². The Hall–Kier alpha value is -3.07. The molecule has 0 atom stereocenters. The van der Waals surface area contributed by atoms with Gasteiger partial charge in [-0.05, 0) is 60.7 Å². The van der Waals surface area contributed by atoms with E-state index in [1.54, 1.807) is 36.4 Å². The fourth-order valence-electron chi connectivity index (χ4n) is 3.20. The van der Waals surface area contributed by atoms with Gasteiger partial charge in [-0.25, -0.2) is 16.8 Å². The Labute approximate surface area is 205 Å². The molecule has 8 nitrogen and oxygen atoms in total. The number of para-hydroxylation sites is 1. The van der Waals surface area contributed by atoms with Gasteiger partial charge in [0.25, 0.3) is 5.91 Å². The van der Waals surface area contributed by atoms with E-state index in [4.69, 9.17) is 18.7 Å². The Balaban J connectivity index is 0.000000371. The minimum atomic E-state index is -6.09. The van der Waals surface area contributed by atoms with Gasteiger partial charge in [-0.2, -0.15) is 13.2 Å². The zero-order valence-corrected chi connectivity index (χ0v) is 20.4. The van der Waals surface area contributed by atoms with Crippen LogP contribution >= 0.6 is 15.9 Å². The number of aromatic amines is 1. The Morgan fingerprint density at radius 1 is 0.914 bits per heavy atom. The van der Waals surface area contributed by atoms with E-state index in [0.717, 1.165) is 4.47 Å². The van der Waals surface area contributed by atoms with Crippen LogP contribution < -0.4 is 5.73 Å². The third-order valence-electron chi connectivity index (χ3n) is 4.69. The van der Waals surface area contributed by atoms with Crippen molar-refractivity contribution in [1.29, 1.82) is 0 Å². The van der Waals surface area contributed by atoms with Crippen LogP contribution in [0.4, 0.5) is 13.2 Å². The van der Waals surface area contributed by atoms with Crippen LogP contribution in [0.25, 0.3) is 21.8 Å². The topological polar surface area (TPSA) is 150 Å². The second kappa shape index (κ2) is 9.53. The van der Waals surface area contributed by atoms with Crippen LogP contribution in [-0.2, 0) is 20.0 Å². The fraction of sp³-hybridized carbons (Fsp3) is 0.0476. The molecule has 0 aliphatic heterocycles.